The largest absolute Gasteiger partial charge is 0.360 e. The summed E-state index contributed by atoms with van der Waals surface area (Å²) in [6.07, 6.45) is 0. The molecule has 0 spiro atoms. The smallest absolute Gasteiger partial charge is 0.187 e. The maximum Gasteiger partial charge on any atom is 0.187 e. The Labute approximate surface area is 129 Å². The van der Waals surface area contributed by atoms with Crippen molar-refractivity contribution in [2.45, 2.75) is 13.8 Å². The molecule has 0 aliphatic carbocycles. The Balaban J connectivity index is 4.20. The van der Waals surface area contributed by atoms with Crippen molar-refractivity contribution in [1.29, 1.82) is 0 Å². The zero-order valence-electron chi connectivity index (χ0n) is 11.7. The van der Waals surface area contributed by atoms with Crippen LogP contribution in [0, 0.1) is 0 Å². The summed E-state index contributed by atoms with van der Waals surface area (Å²) in [5.41, 5.74) is 17.4. The minimum atomic E-state index is 0.413. The zero-order chi connectivity index (χ0) is 15.4. The molecule has 10 heteroatoms. The summed E-state index contributed by atoms with van der Waals surface area (Å²) in [6, 6.07) is 0. The molecule has 0 heterocycles. The molecule has 0 aliphatic heterocycles. The molecule has 0 aromatic heterocycles. The van der Waals surface area contributed by atoms with Gasteiger partial charge in [-0.3, -0.25) is 10.9 Å². The van der Waals surface area contributed by atoms with E-state index < -0.39 is 0 Å². The first kappa shape index (κ1) is 18.6. The maximum absolute atomic E-state index is 5.34. The number of thiocarbonyl (C=S) groups is 2. The Morgan fingerprint density at radius 1 is 0.850 bits per heavy atom. The van der Waals surface area contributed by atoms with Gasteiger partial charge in [0.25, 0.3) is 0 Å². The molecular formula is C10H22N8S2. The molecular weight excluding hydrogens is 296 g/mol. The van der Waals surface area contributed by atoms with Crippen molar-refractivity contribution in [3.05, 3.63) is 0 Å². The average molecular weight is 318 g/mol. The monoisotopic (exact) mass is 318 g/mol. The summed E-state index contributed by atoms with van der Waals surface area (Å²) in [4.78, 5) is 0. The Hall–Kier alpha value is -1.36. The standard InChI is InChI=1S/C10H22N8S2/c1-7(15-17-9(19)13-5-3-11)8(2)16-18-10(20)14-6-4-12/h3-6,11-12H2,1-2H3,(H2,13,17,19)(H2,14,18,20)/b15-7+,16-8+. The van der Waals surface area contributed by atoms with Crippen molar-refractivity contribution in [3.63, 3.8) is 0 Å². The summed E-state index contributed by atoms with van der Waals surface area (Å²) < 4.78 is 0. The van der Waals surface area contributed by atoms with Crippen molar-refractivity contribution in [1.82, 2.24) is 21.5 Å². The molecule has 0 aliphatic rings. The molecule has 0 fully saturated rings. The molecule has 0 rings (SSSR count). The number of hydrogen-bond acceptors (Lipinski definition) is 6. The van der Waals surface area contributed by atoms with Gasteiger partial charge in [0, 0.05) is 26.2 Å². The highest BCUT2D eigenvalue weighted by atomic mass is 32.1. The van der Waals surface area contributed by atoms with Crippen molar-refractivity contribution < 1.29 is 0 Å². The van der Waals surface area contributed by atoms with E-state index in [9.17, 15) is 0 Å². The fraction of sp³-hybridized carbons (Fsp3) is 0.600. The predicted octanol–water partition coefficient (Wildman–Crippen LogP) is -1.42. The molecule has 0 saturated carbocycles. The highest BCUT2D eigenvalue weighted by Crippen LogP contribution is 1.82. The molecule has 0 amide bonds. The van der Waals surface area contributed by atoms with Gasteiger partial charge in [-0.05, 0) is 38.3 Å². The Kier molecular flexibility index (Phi) is 10.7. The molecule has 0 unspecified atom stereocenters. The Morgan fingerprint density at radius 2 is 1.20 bits per heavy atom. The van der Waals surface area contributed by atoms with E-state index >= 15 is 0 Å². The van der Waals surface area contributed by atoms with E-state index in [0.29, 0.717) is 47.8 Å². The van der Waals surface area contributed by atoms with Crippen LogP contribution in [0.5, 0.6) is 0 Å². The SMILES string of the molecule is CC(=N\NC(=S)NCCN)/C(C)=N/NC(=S)NCCN. The van der Waals surface area contributed by atoms with E-state index in [4.69, 9.17) is 35.9 Å². The average Bonchev–Trinajstić information content (AvgIpc) is 2.45. The lowest BCUT2D eigenvalue weighted by atomic mass is 10.3. The fourth-order valence-corrected chi connectivity index (χ4v) is 1.18. The van der Waals surface area contributed by atoms with E-state index in [-0.39, 0.29) is 0 Å². The number of nitrogens with zero attached hydrogens (tertiary/aromatic N) is 2. The lowest BCUT2D eigenvalue weighted by molar-refractivity contribution is 0.843. The molecule has 0 radical (unpaired) electrons. The summed E-state index contributed by atoms with van der Waals surface area (Å²) in [5.74, 6) is 0. The van der Waals surface area contributed by atoms with Gasteiger partial charge in [0.1, 0.15) is 0 Å². The van der Waals surface area contributed by atoms with Crippen LogP contribution in [-0.2, 0) is 0 Å². The Morgan fingerprint density at radius 3 is 1.50 bits per heavy atom. The van der Waals surface area contributed by atoms with Crippen molar-refractivity contribution >= 4 is 46.1 Å². The summed E-state index contributed by atoms with van der Waals surface area (Å²) in [5, 5.41) is 14.8. The second-order valence-corrected chi connectivity index (χ2v) is 4.52. The van der Waals surface area contributed by atoms with Crippen LogP contribution in [-0.4, -0.2) is 47.8 Å². The highest BCUT2D eigenvalue weighted by Gasteiger charge is 1.99. The van der Waals surface area contributed by atoms with E-state index in [1.165, 1.54) is 0 Å². The second-order valence-electron chi connectivity index (χ2n) is 3.71. The first-order chi connectivity index (χ1) is 9.51. The van der Waals surface area contributed by atoms with Gasteiger partial charge in [0.2, 0.25) is 0 Å². The summed E-state index contributed by atoms with van der Waals surface area (Å²) >= 11 is 9.99. The third-order valence-corrected chi connectivity index (χ3v) is 2.50. The number of hydrogen-bond donors (Lipinski definition) is 6. The van der Waals surface area contributed by atoms with Gasteiger partial charge < -0.3 is 22.1 Å². The van der Waals surface area contributed by atoms with Crippen LogP contribution in [0.4, 0.5) is 0 Å². The van der Waals surface area contributed by atoms with Crippen LogP contribution in [0.2, 0.25) is 0 Å². The molecule has 0 atom stereocenters. The first-order valence-electron chi connectivity index (χ1n) is 6.08. The highest BCUT2D eigenvalue weighted by molar-refractivity contribution is 7.80. The number of nitrogens with one attached hydrogen (secondary N) is 4. The molecule has 0 aromatic rings. The molecule has 0 saturated heterocycles. The van der Waals surface area contributed by atoms with Gasteiger partial charge in [-0.25, -0.2) is 0 Å². The molecule has 20 heavy (non-hydrogen) atoms. The van der Waals surface area contributed by atoms with Crippen LogP contribution < -0.4 is 33.0 Å². The third-order valence-electron chi connectivity index (χ3n) is 2.03. The molecule has 8 N–H and O–H groups in total. The summed E-state index contributed by atoms with van der Waals surface area (Å²) in [7, 11) is 0. The van der Waals surface area contributed by atoms with Crippen molar-refractivity contribution in [3.8, 4) is 0 Å². The second kappa shape index (κ2) is 11.5. The van der Waals surface area contributed by atoms with Crippen LogP contribution in [0.1, 0.15) is 13.8 Å². The molecule has 8 nitrogen and oxygen atoms in total. The van der Waals surface area contributed by atoms with Crippen molar-refractivity contribution in [2.75, 3.05) is 26.2 Å². The van der Waals surface area contributed by atoms with Crippen LogP contribution in [0.15, 0.2) is 10.2 Å². The van der Waals surface area contributed by atoms with Crippen LogP contribution >= 0.6 is 24.4 Å². The number of hydrazone groups is 2. The van der Waals surface area contributed by atoms with Gasteiger partial charge >= 0.3 is 0 Å². The van der Waals surface area contributed by atoms with E-state index in [0.717, 1.165) is 0 Å². The predicted molar refractivity (Wildman–Crippen MR) is 91.8 cm³/mol. The van der Waals surface area contributed by atoms with Crippen LogP contribution in [0.25, 0.3) is 0 Å². The zero-order valence-corrected chi connectivity index (χ0v) is 13.3. The number of rotatable bonds is 7. The van der Waals surface area contributed by atoms with Gasteiger partial charge in [-0.2, -0.15) is 10.2 Å². The van der Waals surface area contributed by atoms with Crippen molar-refractivity contribution in [2.24, 2.45) is 21.7 Å². The lowest BCUT2D eigenvalue weighted by Gasteiger charge is -2.08. The fourth-order valence-electron chi connectivity index (χ4n) is 0.882. The van der Waals surface area contributed by atoms with Gasteiger partial charge in [-0.15, -0.1) is 0 Å². The van der Waals surface area contributed by atoms with Gasteiger partial charge in [0.15, 0.2) is 10.2 Å². The Bertz CT molecular complexity index is 343. The minimum Gasteiger partial charge on any atom is -0.360 e. The quantitative estimate of drug-likeness (QED) is 0.192. The van der Waals surface area contributed by atoms with E-state index in [1.807, 2.05) is 0 Å². The third kappa shape index (κ3) is 9.55. The molecule has 114 valence electrons. The van der Waals surface area contributed by atoms with Gasteiger partial charge in [-0.1, -0.05) is 0 Å². The first-order valence-corrected chi connectivity index (χ1v) is 6.89. The van der Waals surface area contributed by atoms with Gasteiger partial charge in [0.05, 0.1) is 11.4 Å². The van der Waals surface area contributed by atoms with E-state index in [2.05, 4.69) is 31.7 Å². The minimum absolute atomic E-state index is 0.413. The molecule has 0 bridgehead atoms. The summed E-state index contributed by atoms with van der Waals surface area (Å²) in [6.45, 7) is 5.79. The lowest BCUT2D eigenvalue weighted by Crippen LogP contribution is -2.37. The number of nitrogens with two attached hydrogens (primary N) is 2. The maximum atomic E-state index is 5.34. The van der Waals surface area contributed by atoms with E-state index in [1.54, 1.807) is 13.8 Å². The van der Waals surface area contributed by atoms with Crippen LogP contribution in [0.3, 0.4) is 0 Å². The normalized spacial score (nSPS) is 11.8. The molecule has 0 aromatic carbocycles. The topological polar surface area (TPSA) is 125 Å².